The number of nitrogens with one attached hydrogen (secondary N) is 2. The minimum Gasteiger partial charge on any atom is -0.489 e. The largest absolute Gasteiger partial charge is 0.489 e. The summed E-state index contributed by atoms with van der Waals surface area (Å²) in [6.07, 6.45) is 5.26. The van der Waals surface area contributed by atoms with Gasteiger partial charge in [-0.2, -0.15) is 0 Å². The first-order chi connectivity index (χ1) is 13.1. The number of ether oxygens (including phenoxy) is 1. The highest BCUT2D eigenvalue weighted by Gasteiger charge is 2.34. The van der Waals surface area contributed by atoms with E-state index in [9.17, 15) is 9.18 Å². The molecule has 2 heterocycles. The third-order valence-corrected chi connectivity index (χ3v) is 5.46. The van der Waals surface area contributed by atoms with E-state index in [2.05, 4.69) is 10.6 Å². The van der Waals surface area contributed by atoms with Gasteiger partial charge in [0.1, 0.15) is 18.2 Å². The molecule has 0 aliphatic carbocycles. The highest BCUT2D eigenvalue weighted by atomic mass is 35.5. The van der Waals surface area contributed by atoms with Crippen molar-refractivity contribution >= 4 is 24.0 Å². The zero-order valence-corrected chi connectivity index (χ0v) is 16.5. The molecule has 28 heavy (non-hydrogen) atoms. The number of carbonyl (C=O) groups excluding carboxylic acids is 1. The molecule has 0 saturated carbocycles. The van der Waals surface area contributed by atoms with E-state index in [4.69, 9.17) is 4.74 Å². The van der Waals surface area contributed by atoms with Gasteiger partial charge < -0.3 is 15.4 Å². The fourth-order valence-electron chi connectivity index (χ4n) is 4.27. The Morgan fingerprint density at radius 3 is 2.61 bits per heavy atom. The van der Waals surface area contributed by atoms with Crippen LogP contribution in [0.5, 0.6) is 5.75 Å². The van der Waals surface area contributed by atoms with Crippen LogP contribution in [0, 0.1) is 11.7 Å². The molecule has 4 rings (SSSR count). The van der Waals surface area contributed by atoms with Gasteiger partial charge in [-0.05, 0) is 61.4 Å². The molecule has 0 spiro atoms. The molecule has 150 valence electrons. The fourth-order valence-corrected chi connectivity index (χ4v) is 4.27. The van der Waals surface area contributed by atoms with Crippen molar-refractivity contribution in [3.8, 4) is 5.75 Å². The molecular weight excluding hydrogens is 379 g/mol. The Morgan fingerprint density at radius 1 is 1.11 bits per heavy atom. The molecular formula is C22H26ClFN2O2. The Kier molecular flexibility index (Phi) is 6.92. The van der Waals surface area contributed by atoms with Gasteiger partial charge in [-0.15, -0.1) is 12.4 Å². The molecule has 2 N–H and O–H groups in total. The first-order valence-electron chi connectivity index (χ1n) is 9.67. The predicted octanol–water partition coefficient (Wildman–Crippen LogP) is 4.69. The predicted molar refractivity (Wildman–Crippen MR) is 110 cm³/mol. The van der Waals surface area contributed by atoms with Crippen molar-refractivity contribution in [1.29, 1.82) is 0 Å². The van der Waals surface area contributed by atoms with Gasteiger partial charge in [0.05, 0.1) is 0 Å². The monoisotopic (exact) mass is 404 g/mol. The highest BCUT2D eigenvalue weighted by Crippen LogP contribution is 2.33. The average Bonchev–Trinajstić information content (AvgIpc) is 2.99. The summed E-state index contributed by atoms with van der Waals surface area (Å²) in [7, 11) is 0. The lowest BCUT2D eigenvalue weighted by Gasteiger charge is -2.28. The second kappa shape index (κ2) is 9.39. The summed E-state index contributed by atoms with van der Waals surface area (Å²) in [4.78, 5) is 12.4. The Balaban J connectivity index is 0.00000225. The molecule has 1 amide bonds. The van der Waals surface area contributed by atoms with Crippen LogP contribution in [0.25, 0.3) is 0 Å². The third kappa shape index (κ3) is 5.46. The van der Waals surface area contributed by atoms with E-state index in [1.165, 1.54) is 25.0 Å². The Morgan fingerprint density at radius 2 is 1.86 bits per heavy atom. The summed E-state index contributed by atoms with van der Waals surface area (Å²) < 4.78 is 19.0. The minimum atomic E-state index is -0.275. The van der Waals surface area contributed by atoms with Crippen molar-refractivity contribution in [3.63, 3.8) is 0 Å². The molecule has 6 heteroatoms. The van der Waals surface area contributed by atoms with Gasteiger partial charge in [0.25, 0.3) is 0 Å². The number of halogens is 2. The van der Waals surface area contributed by atoms with Crippen molar-refractivity contribution in [2.45, 2.75) is 50.8 Å². The number of hydrogen-bond donors (Lipinski definition) is 2. The van der Waals surface area contributed by atoms with E-state index in [0.717, 1.165) is 24.1 Å². The Labute approximate surface area is 171 Å². The number of amides is 1. The second-order valence-electron chi connectivity index (χ2n) is 7.67. The average molecular weight is 405 g/mol. The summed E-state index contributed by atoms with van der Waals surface area (Å²) >= 11 is 0. The van der Waals surface area contributed by atoms with E-state index in [1.807, 2.05) is 30.3 Å². The number of benzene rings is 2. The zero-order valence-electron chi connectivity index (χ0n) is 15.7. The topological polar surface area (TPSA) is 50.4 Å². The van der Waals surface area contributed by atoms with Gasteiger partial charge in [0.15, 0.2) is 0 Å². The maximum Gasteiger partial charge on any atom is 0.224 e. The molecule has 2 atom stereocenters. The molecule has 0 aromatic heterocycles. The van der Waals surface area contributed by atoms with E-state index in [0.29, 0.717) is 30.2 Å². The van der Waals surface area contributed by atoms with Crippen molar-refractivity contribution in [1.82, 2.24) is 5.32 Å². The fraction of sp³-hybridized carbons (Fsp3) is 0.409. The quantitative estimate of drug-likeness (QED) is 0.734. The first-order valence-corrected chi connectivity index (χ1v) is 9.67. The SMILES string of the molecule is Cl.O=C(CC1CC2CCC(C1)N2)Nc1cccc(OCc2cccc(F)c2)c1. The standard InChI is InChI=1S/C22H25FN2O2.ClH/c23-17-4-1-3-15(9-17)14-27-21-6-2-5-18(13-21)25-22(26)12-16-10-19-7-8-20(11-16)24-19;/h1-6,9,13,16,19-20,24H,7-8,10-12,14H2,(H,25,26);1H. The zero-order chi connectivity index (χ0) is 18.6. The maximum atomic E-state index is 13.2. The van der Waals surface area contributed by atoms with E-state index < -0.39 is 0 Å². The van der Waals surface area contributed by atoms with E-state index >= 15 is 0 Å². The minimum absolute atomic E-state index is 0. The van der Waals surface area contributed by atoms with Crippen LogP contribution in [0.2, 0.25) is 0 Å². The lowest BCUT2D eigenvalue weighted by molar-refractivity contribution is -0.117. The van der Waals surface area contributed by atoms with Gasteiger partial charge in [-0.1, -0.05) is 18.2 Å². The van der Waals surface area contributed by atoms with E-state index in [-0.39, 0.29) is 30.7 Å². The summed E-state index contributed by atoms with van der Waals surface area (Å²) in [5, 5.41) is 6.60. The molecule has 2 unspecified atom stereocenters. The molecule has 2 bridgehead atoms. The number of rotatable bonds is 6. The van der Waals surface area contributed by atoms with Gasteiger partial charge >= 0.3 is 0 Å². The number of fused-ring (bicyclic) bond motifs is 2. The van der Waals surface area contributed by atoms with Gasteiger partial charge in [-0.25, -0.2) is 4.39 Å². The van der Waals surface area contributed by atoms with Gasteiger partial charge in [0.2, 0.25) is 5.91 Å². The third-order valence-electron chi connectivity index (χ3n) is 5.46. The molecule has 4 nitrogen and oxygen atoms in total. The van der Waals surface area contributed by atoms with Crippen molar-refractivity contribution < 1.29 is 13.9 Å². The lowest BCUT2D eigenvalue weighted by Crippen LogP contribution is -2.39. The van der Waals surface area contributed by atoms with Crippen molar-refractivity contribution in [3.05, 3.63) is 59.9 Å². The normalized spacial score (nSPS) is 23.0. The highest BCUT2D eigenvalue weighted by molar-refractivity contribution is 5.91. The molecule has 2 fully saturated rings. The van der Waals surface area contributed by atoms with Crippen LogP contribution in [0.15, 0.2) is 48.5 Å². The van der Waals surface area contributed by atoms with Crippen LogP contribution in [0.1, 0.15) is 37.7 Å². The Bertz CT molecular complexity index is 805. The van der Waals surface area contributed by atoms with Gasteiger partial charge in [-0.3, -0.25) is 4.79 Å². The number of carbonyl (C=O) groups is 1. The van der Waals surface area contributed by atoms with Crippen LogP contribution in [-0.2, 0) is 11.4 Å². The molecule has 2 aliphatic heterocycles. The summed E-state index contributed by atoms with van der Waals surface area (Å²) in [6.45, 7) is 0.285. The maximum absolute atomic E-state index is 13.2. The molecule has 2 saturated heterocycles. The van der Waals surface area contributed by atoms with Crippen molar-refractivity contribution in [2.75, 3.05) is 5.32 Å². The number of piperidine rings is 1. The van der Waals surface area contributed by atoms with Crippen LogP contribution in [-0.4, -0.2) is 18.0 Å². The van der Waals surface area contributed by atoms with Crippen molar-refractivity contribution in [2.24, 2.45) is 5.92 Å². The van der Waals surface area contributed by atoms with Crippen LogP contribution >= 0.6 is 12.4 Å². The van der Waals surface area contributed by atoms with Gasteiger partial charge in [0, 0.05) is 30.3 Å². The summed E-state index contributed by atoms with van der Waals surface area (Å²) in [6, 6.07) is 14.9. The Hall–Kier alpha value is -2.11. The molecule has 0 radical (unpaired) electrons. The molecule has 2 aromatic carbocycles. The van der Waals surface area contributed by atoms with E-state index in [1.54, 1.807) is 6.07 Å². The second-order valence-corrected chi connectivity index (χ2v) is 7.67. The lowest BCUT2D eigenvalue weighted by atomic mass is 9.89. The van der Waals surface area contributed by atoms with Crippen LogP contribution in [0.4, 0.5) is 10.1 Å². The summed E-state index contributed by atoms with van der Waals surface area (Å²) in [5.74, 6) is 0.903. The molecule has 2 aromatic rings. The number of anilines is 1. The number of hydrogen-bond acceptors (Lipinski definition) is 3. The first kappa shape index (κ1) is 20.6. The van der Waals surface area contributed by atoms with Crippen LogP contribution < -0.4 is 15.4 Å². The smallest absolute Gasteiger partial charge is 0.224 e. The molecule has 2 aliphatic rings. The summed E-state index contributed by atoms with van der Waals surface area (Å²) in [5.41, 5.74) is 1.50. The van der Waals surface area contributed by atoms with Crippen LogP contribution in [0.3, 0.4) is 0 Å².